The van der Waals surface area contributed by atoms with E-state index >= 15 is 0 Å². The lowest BCUT2D eigenvalue weighted by molar-refractivity contribution is -0.148. The van der Waals surface area contributed by atoms with Crippen LogP contribution in [0.2, 0.25) is 0 Å². The quantitative estimate of drug-likeness (QED) is 0.697. The number of hydrogen-bond acceptors (Lipinski definition) is 4. The molecule has 1 amide bonds. The number of amides is 1. The summed E-state index contributed by atoms with van der Waals surface area (Å²) in [6.45, 7) is 0.0141. The molecule has 2 aromatic carbocycles. The van der Waals surface area contributed by atoms with Gasteiger partial charge in [0.2, 0.25) is 0 Å². The van der Waals surface area contributed by atoms with Crippen molar-refractivity contribution in [3.63, 3.8) is 0 Å². The van der Waals surface area contributed by atoms with Crippen LogP contribution >= 0.6 is 0 Å². The van der Waals surface area contributed by atoms with Crippen molar-refractivity contribution in [1.82, 2.24) is 5.32 Å². The average Bonchev–Trinajstić information content (AvgIpc) is 2.69. The Morgan fingerprint density at radius 2 is 1.69 bits per heavy atom. The molecular weight excluding hydrogens is 391 g/mol. The fourth-order valence-electron chi connectivity index (χ4n) is 2.63. The molecular formula is C20H20F3NO5. The average molecular weight is 411 g/mol. The van der Waals surface area contributed by atoms with E-state index in [-0.39, 0.29) is 24.3 Å². The number of carboxylic acid groups (broad SMARTS) is 1. The first-order valence-electron chi connectivity index (χ1n) is 8.52. The van der Waals surface area contributed by atoms with Gasteiger partial charge in [0.05, 0.1) is 18.2 Å². The van der Waals surface area contributed by atoms with Crippen molar-refractivity contribution in [2.45, 2.75) is 25.2 Å². The van der Waals surface area contributed by atoms with E-state index in [1.54, 1.807) is 6.07 Å². The second-order valence-corrected chi connectivity index (χ2v) is 6.18. The van der Waals surface area contributed by atoms with Gasteiger partial charge in [-0.1, -0.05) is 18.2 Å². The Balaban J connectivity index is 2.12. The lowest BCUT2D eigenvalue weighted by Crippen LogP contribution is -2.26. The Kier molecular flexibility index (Phi) is 7.22. The third-order valence-electron chi connectivity index (χ3n) is 4.22. The van der Waals surface area contributed by atoms with Crippen LogP contribution in [-0.2, 0) is 28.7 Å². The second-order valence-electron chi connectivity index (χ2n) is 6.18. The molecule has 29 heavy (non-hydrogen) atoms. The number of benzene rings is 2. The molecule has 156 valence electrons. The number of aliphatic carboxylic acids is 1. The predicted molar refractivity (Wildman–Crippen MR) is 97.7 cm³/mol. The highest BCUT2D eigenvalue weighted by atomic mass is 19.4. The number of hydrogen-bond donors (Lipinski definition) is 2. The SMILES string of the molecule is COc1ccc(CC(OC)C(=O)O)cc1C(=O)NCc1ccc(C(F)(F)F)cc1. The second kappa shape index (κ2) is 9.42. The van der Waals surface area contributed by atoms with E-state index in [1.165, 1.54) is 38.5 Å². The number of methoxy groups -OCH3 is 2. The van der Waals surface area contributed by atoms with Crippen molar-refractivity contribution in [1.29, 1.82) is 0 Å². The maximum absolute atomic E-state index is 12.6. The topological polar surface area (TPSA) is 84.9 Å². The minimum absolute atomic E-state index is 0.0141. The highest BCUT2D eigenvalue weighted by Gasteiger charge is 2.29. The molecule has 2 N–H and O–H groups in total. The summed E-state index contributed by atoms with van der Waals surface area (Å²) in [4.78, 5) is 23.7. The molecule has 6 nitrogen and oxygen atoms in total. The Bertz CT molecular complexity index is 865. The van der Waals surface area contributed by atoms with Crippen molar-refractivity contribution < 1.29 is 37.3 Å². The molecule has 0 spiro atoms. The lowest BCUT2D eigenvalue weighted by Gasteiger charge is -2.14. The predicted octanol–water partition coefficient (Wildman–Crippen LogP) is 3.29. The van der Waals surface area contributed by atoms with Crippen LogP contribution < -0.4 is 10.1 Å². The van der Waals surface area contributed by atoms with E-state index < -0.39 is 29.7 Å². The summed E-state index contributed by atoms with van der Waals surface area (Å²) in [5.41, 5.74) is 0.455. The van der Waals surface area contributed by atoms with E-state index in [1.807, 2.05) is 0 Å². The number of halogens is 3. The smallest absolute Gasteiger partial charge is 0.416 e. The van der Waals surface area contributed by atoms with Gasteiger partial charge < -0.3 is 19.9 Å². The van der Waals surface area contributed by atoms with Crippen LogP contribution in [0.1, 0.15) is 27.0 Å². The molecule has 0 fully saturated rings. The number of nitrogens with one attached hydrogen (secondary N) is 1. The van der Waals surface area contributed by atoms with Gasteiger partial charge in [-0.2, -0.15) is 13.2 Å². The maximum atomic E-state index is 12.6. The number of alkyl halides is 3. The van der Waals surface area contributed by atoms with Crippen LogP contribution in [0.3, 0.4) is 0 Å². The third-order valence-corrected chi connectivity index (χ3v) is 4.22. The van der Waals surface area contributed by atoms with Gasteiger partial charge in [-0.25, -0.2) is 4.79 Å². The number of carboxylic acids is 1. The molecule has 0 aliphatic carbocycles. The molecule has 9 heteroatoms. The van der Waals surface area contributed by atoms with Crippen LogP contribution in [0.4, 0.5) is 13.2 Å². The van der Waals surface area contributed by atoms with Crippen LogP contribution in [-0.4, -0.2) is 37.3 Å². The minimum atomic E-state index is -4.43. The molecule has 0 saturated carbocycles. The highest BCUT2D eigenvalue weighted by Crippen LogP contribution is 2.29. The van der Waals surface area contributed by atoms with E-state index in [4.69, 9.17) is 14.6 Å². The Labute approximate surface area is 165 Å². The number of carbonyl (C=O) groups is 2. The van der Waals surface area contributed by atoms with Gasteiger partial charge in [0.25, 0.3) is 5.91 Å². The first-order valence-corrected chi connectivity index (χ1v) is 8.52. The minimum Gasteiger partial charge on any atom is -0.496 e. The third kappa shape index (κ3) is 5.95. The highest BCUT2D eigenvalue weighted by molar-refractivity contribution is 5.97. The molecule has 2 aromatic rings. The van der Waals surface area contributed by atoms with Crippen LogP contribution in [0, 0.1) is 0 Å². The zero-order valence-corrected chi connectivity index (χ0v) is 15.7. The van der Waals surface area contributed by atoms with E-state index in [0.29, 0.717) is 11.1 Å². The summed E-state index contributed by atoms with van der Waals surface area (Å²) in [6.07, 6.45) is -5.44. The summed E-state index contributed by atoms with van der Waals surface area (Å²) in [5.74, 6) is -1.35. The van der Waals surface area contributed by atoms with Gasteiger partial charge in [0, 0.05) is 20.1 Å². The molecule has 0 bridgehead atoms. The Morgan fingerprint density at radius 3 is 2.21 bits per heavy atom. The van der Waals surface area contributed by atoms with Gasteiger partial charge in [-0.05, 0) is 35.4 Å². The monoisotopic (exact) mass is 411 g/mol. The van der Waals surface area contributed by atoms with Gasteiger partial charge in [-0.15, -0.1) is 0 Å². The molecule has 0 aromatic heterocycles. The van der Waals surface area contributed by atoms with E-state index in [9.17, 15) is 22.8 Å². The van der Waals surface area contributed by atoms with Crippen molar-refractivity contribution in [3.8, 4) is 5.75 Å². The Morgan fingerprint density at radius 1 is 1.07 bits per heavy atom. The molecule has 0 saturated heterocycles. The number of carbonyl (C=O) groups excluding carboxylic acids is 1. The first kappa shape index (κ1) is 22.2. The van der Waals surface area contributed by atoms with Crippen molar-refractivity contribution >= 4 is 11.9 Å². The standard InChI is InChI=1S/C20H20F3NO5/c1-28-16-8-5-13(10-17(29-2)19(26)27)9-15(16)18(25)24-11-12-3-6-14(7-4-12)20(21,22)23/h3-9,17H,10-11H2,1-2H3,(H,24,25)(H,26,27). The van der Waals surface area contributed by atoms with Gasteiger partial charge in [0.1, 0.15) is 5.75 Å². The fourth-order valence-corrected chi connectivity index (χ4v) is 2.63. The zero-order chi connectivity index (χ0) is 21.6. The van der Waals surface area contributed by atoms with E-state index in [0.717, 1.165) is 12.1 Å². The van der Waals surface area contributed by atoms with Crippen molar-refractivity contribution in [3.05, 3.63) is 64.7 Å². The Hall–Kier alpha value is -3.07. The van der Waals surface area contributed by atoms with Crippen LogP contribution in [0.5, 0.6) is 5.75 Å². The number of ether oxygens (including phenoxy) is 2. The summed E-state index contributed by atoms with van der Waals surface area (Å²) in [7, 11) is 2.66. The molecule has 2 rings (SSSR count). The molecule has 0 aliphatic heterocycles. The van der Waals surface area contributed by atoms with Gasteiger partial charge >= 0.3 is 12.1 Å². The molecule has 1 unspecified atom stereocenters. The number of rotatable bonds is 8. The normalized spacial score (nSPS) is 12.3. The van der Waals surface area contributed by atoms with Crippen LogP contribution in [0.15, 0.2) is 42.5 Å². The zero-order valence-electron chi connectivity index (χ0n) is 15.7. The van der Waals surface area contributed by atoms with Crippen LogP contribution in [0.25, 0.3) is 0 Å². The van der Waals surface area contributed by atoms with Crippen molar-refractivity contribution in [2.75, 3.05) is 14.2 Å². The van der Waals surface area contributed by atoms with Gasteiger partial charge in [0.15, 0.2) is 6.10 Å². The lowest BCUT2D eigenvalue weighted by atomic mass is 10.0. The molecule has 0 heterocycles. The first-order chi connectivity index (χ1) is 13.7. The van der Waals surface area contributed by atoms with E-state index in [2.05, 4.69) is 5.32 Å². The fraction of sp³-hybridized carbons (Fsp3) is 0.300. The largest absolute Gasteiger partial charge is 0.496 e. The summed E-state index contributed by atoms with van der Waals surface area (Å²) in [5, 5.41) is 11.7. The summed E-state index contributed by atoms with van der Waals surface area (Å²) < 4.78 is 47.9. The summed E-state index contributed by atoms with van der Waals surface area (Å²) in [6, 6.07) is 9.12. The molecule has 0 radical (unpaired) electrons. The van der Waals surface area contributed by atoms with Gasteiger partial charge in [-0.3, -0.25) is 4.79 Å². The molecule has 1 atom stereocenters. The maximum Gasteiger partial charge on any atom is 0.416 e. The van der Waals surface area contributed by atoms with Crippen molar-refractivity contribution in [2.24, 2.45) is 0 Å². The summed E-state index contributed by atoms with van der Waals surface area (Å²) >= 11 is 0. The molecule has 0 aliphatic rings.